The Bertz CT molecular complexity index is 448. The molecular formula is C17H25NO3. The maximum atomic E-state index is 12.0. The second-order valence-corrected chi connectivity index (χ2v) is 6.32. The molecule has 1 fully saturated rings. The van der Waals surface area contributed by atoms with Gasteiger partial charge < -0.3 is 15.5 Å². The van der Waals surface area contributed by atoms with E-state index >= 15 is 0 Å². The van der Waals surface area contributed by atoms with Crippen LogP contribution in [0.2, 0.25) is 0 Å². The maximum Gasteiger partial charge on any atom is 0.249 e. The number of rotatable bonds is 5. The molecular weight excluding hydrogens is 266 g/mol. The van der Waals surface area contributed by atoms with Crippen molar-refractivity contribution in [2.45, 2.75) is 63.2 Å². The molecule has 0 spiro atoms. The van der Waals surface area contributed by atoms with E-state index in [0.717, 1.165) is 18.4 Å². The Labute approximate surface area is 126 Å². The van der Waals surface area contributed by atoms with Crippen molar-refractivity contribution in [3.8, 4) is 0 Å². The van der Waals surface area contributed by atoms with E-state index in [2.05, 4.69) is 5.32 Å². The fraction of sp³-hybridized carbons (Fsp3) is 0.588. The van der Waals surface area contributed by atoms with E-state index < -0.39 is 11.7 Å². The van der Waals surface area contributed by atoms with E-state index in [-0.39, 0.29) is 11.9 Å². The summed E-state index contributed by atoms with van der Waals surface area (Å²) in [6, 6.07) is 9.92. The highest BCUT2D eigenvalue weighted by atomic mass is 16.3. The Kier molecular flexibility index (Phi) is 5.37. The number of nitrogens with one attached hydrogen (secondary N) is 1. The van der Waals surface area contributed by atoms with Gasteiger partial charge in [0, 0.05) is 6.04 Å². The number of aryl methyl sites for hydroxylation is 1. The van der Waals surface area contributed by atoms with Crippen molar-refractivity contribution in [3.63, 3.8) is 0 Å². The SMILES string of the molecule is CC1(O)CCC(NC(=O)C(O)CCc2ccccc2)CC1. The van der Waals surface area contributed by atoms with Crippen molar-refractivity contribution in [1.29, 1.82) is 0 Å². The number of aliphatic hydroxyl groups excluding tert-OH is 1. The quantitative estimate of drug-likeness (QED) is 0.774. The van der Waals surface area contributed by atoms with Gasteiger partial charge in [-0.3, -0.25) is 4.79 Å². The third-order valence-corrected chi connectivity index (χ3v) is 4.26. The predicted molar refractivity (Wildman–Crippen MR) is 81.8 cm³/mol. The first kappa shape index (κ1) is 16.0. The number of amides is 1. The average Bonchev–Trinajstić information content (AvgIpc) is 2.48. The zero-order valence-corrected chi connectivity index (χ0v) is 12.6. The molecule has 116 valence electrons. The Balaban J connectivity index is 1.73. The van der Waals surface area contributed by atoms with Gasteiger partial charge in [-0.05, 0) is 51.0 Å². The molecule has 1 unspecified atom stereocenters. The third kappa shape index (κ3) is 5.14. The zero-order valence-electron chi connectivity index (χ0n) is 12.6. The van der Waals surface area contributed by atoms with Gasteiger partial charge in [-0.15, -0.1) is 0 Å². The molecule has 1 atom stereocenters. The lowest BCUT2D eigenvalue weighted by molar-refractivity contribution is -0.131. The summed E-state index contributed by atoms with van der Waals surface area (Å²) in [4.78, 5) is 12.0. The van der Waals surface area contributed by atoms with E-state index in [0.29, 0.717) is 25.7 Å². The molecule has 1 amide bonds. The molecule has 0 heterocycles. The lowest BCUT2D eigenvalue weighted by atomic mass is 9.83. The molecule has 4 nitrogen and oxygen atoms in total. The summed E-state index contributed by atoms with van der Waals surface area (Å²) >= 11 is 0. The van der Waals surface area contributed by atoms with Crippen LogP contribution in [0.1, 0.15) is 44.6 Å². The van der Waals surface area contributed by atoms with E-state index in [4.69, 9.17) is 0 Å². The fourth-order valence-electron chi connectivity index (χ4n) is 2.76. The highest BCUT2D eigenvalue weighted by Gasteiger charge is 2.30. The van der Waals surface area contributed by atoms with Crippen molar-refractivity contribution < 1.29 is 15.0 Å². The van der Waals surface area contributed by atoms with Crippen LogP contribution in [0.25, 0.3) is 0 Å². The van der Waals surface area contributed by atoms with Crippen molar-refractivity contribution in [3.05, 3.63) is 35.9 Å². The van der Waals surface area contributed by atoms with Crippen LogP contribution in [0.3, 0.4) is 0 Å². The monoisotopic (exact) mass is 291 g/mol. The third-order valence-electron chi connectivity index (χ3n) is 4.26. The molecule has 1 aromatic carbocycles. The van der Waals surface area contributed by atoms with Gasteiger partial charge in [-0.2, -0.15) is 0 Å². The highest BCUT2D eigenvalue weighted by Crippen LogP contribution is 2.27. The van der Waals surface area contributed by atoms with E-state index in [1.54, 1.807) is 0 Å². The summed E-state index contributed by atoms with van der Waals surface area (Å²) in [5, 5.41) is 22.7. The van der Waals surface area contributed by atoms with Gasteiger partial charge >= 0.3 is 0 Å². The van der Waals surface area contributed by atoms with E-state index in [1.165, 1.54) is 0 Å². The van der Waals surface area contributed by atoms with Crippen molar-refractivity contribution in [2.24, 2.45) is 0 Å². The molecule has 0 aromatic heterocycles. The summed E-state index contributed by atoms with van der Waals surface area (Å²) < 4.78 is 0. The molecule has 0 aliphatic heterocycles. The van der Waals surface area contributed by atoms with E-state index in [1.807, 2.05) is 37.3 Å². The van der Waals surface area contributed by atoms with Gasteiger partial charge in [0.2, 0.25) is 5.91 Å². The lowest BCUT2D eigenvalue weighted by Gasteiger charge is -2.33. The molecule has 1 aliphatic rings. The van der Waals surface area contributed by atoms with Gasteiger partial charge in [-0.25, -0.2) is 0 Å². The molecule has 1 aliphatic carbocycles. The molecule has 3 N–H and O–H groups in total. The second-order valence-electron chi connectivity index (χ2n) is 6.32. The molecule has 0 radical (unpaired) electrons. The van der Waals surface area contributed by atoms with Crippen LogP contribution >= 0.6 is 0 Å². The molecule has 0 saturated heterocycles. The van der Waals surface area contributed by atoms with Gasteiger partial charge in [0.05, 0.1) is 5.60 Å². The lowest BCUT2D eigenvalue weighted by Crippen LogP contribution is -2.45. The molecule has 0 bridgehead atoms. The van der Waals surface area contributed by atoms with Crippen LogP contribution in [0, 0.1) is 0 Å². The van der Waals surface area contributed by atoms with E-state index in [9.17, 15) is 15.0 Å². The molecule has 1 aromatic rings. The first-order valence-corrected chi connectivity index (χ1v) is 7.71. The first-order chi connectivity index (χ1) is 9.96. The van der Waals surface area contributed by atoms with Gasteiger partial charge in [0.15, 0.2) is 0 Å². The summed E-state index contributed by atoms with van der Waals surface area (Å²) in [6.45, 7) is 1.83. The smallest absolute Gasteiger partial charge is 0.249 e. The minimum Gasteiger partial charge on any atom is -0.390 e. The maximum absolute atomic E-state index is 12.0. The number of hydrogen-bond acceptors (Lipinski definition) is 3. The zero-order chi connectivity index (χ0) is 15.3. The predicted octanol–water partition coefficient (Wildman–Crippen LogP) is 1.79. The molecule has 4 heteroatoms. The topological polar surface area (TPSA) is 69.6 Å². The first-order valence-electron chi connectivity index (χ1n) is 7.71. The van der Waals surface area contributed by atoms with Crippen LogP contribution in [-0.4, -0.2) is 33.9 Å². The molecule has 21 heavy (non-hydrogen) atoms. The highest BCUT2D eigenvalue weighted by molar-refractivity contribution is 5.80. The van der Waals surface area contributed by atoms with Crippen LogP contribution in [0.15, 0.2) is 30.3 Å². The summed E-state index contributed by atoms with van der Waals surface area (Å²) in [6.07, 6.45) is 3.08. The number of carbonyl (C=O) groups excluding carboxylic acids is 1. The van der Waals surface area contributed by atoms with Crippen molar-refractivity contribution in [2.75, 3.05) is 0 Å². The number of carbonyl (C=O) groups is 1. The molecule has 1 saturated carbocycles. The molecule has 2 rings (SSSR count). The number of hydrogen-bond donors (Lipinski definition) is 3. The van der Waals surface area contributed by atoms with Crippen LogP contribution < -0.4 is 5.32 Å². The Morgan fingerprint density at radius 1 is 1.33 bits per heavy atom. The fourth-order valence-corrected chi connectivity index (χ4v) is 2.76. The standard InChI is InChI=1S/C17H25NO3/c1-17(21)11-9-14(10-12-17)18-16(20)15(19)8-7-13-5-3-2-4-6-13/h2-6,14-15,19,21H,7-12H2,1H3,(H,18,20). The average molecular weight is 291 g/mol. The Morgan fingerprint density at radius 2 is 1.95 bits per heavy atom. The minimum atomic E-state index is -0.965. The van der Waals surface area contributed by atoms with Crippen LogP contribution in [-0.2, 0) is 11.2 Å². The summed E-state index contributed by atoms with van der Waals surface area (Å²) in [7, 11) is 0. The summed E-state index contributed by atoms with van der Waals surface area (Å²) in [5.41, 5.74) is 0.519. The normalized spacial score (nSPS) is 27.1. The van der Waals surface area contributed by atoms with Gasteiger partial charge in [0.25, 0.3) is 0 Å². The largest absolute Gasteiger partial charge is 0.390 e. The minimum absolute atomic E-state index is 0.0732. The van der Waals surface area contributed by atoms with Crippen molar-refractivity contribution in [1.82, 2.24) is 5.32 Å². The number of benzene rings is 1. The Morgan fingerprint density at radius 3 is 2.57 bits per heavy atom. The number of aliphatic hydroxyl groups is 2. The summed E-state index contributed by atoms with van der Waals surface area (Å²) in [5.74, 6) is -0.294. The van der Waals surface area contributed by atoms with Crippen LogP contribution in [0.5, 0.6) is 0 Å². The Hall–Kier alpha value is -1.39. The second kappa shape index (κ2) is 7.05. The van der Waals surface area contributed by atoms with Crippen molar-refractivity contribution >= 4 is 5.91 Å². The van der Waals surface area contributed by atoms with Gasteiger partial charge in [0.1, 0.15) is 6.10 Å². The van der Waals surface area contributed by atoms with Crippen LogP contribution in [0.4, 0.5) is 0 Å². The van der Waals surface area contributed by atoms with Gasteiger partial charge in [-0.1, -0.05) is 30.3 Å².